The lowest BCUT2D eigenvalue weighted by molar-refractivity contribution is 0.0909. The molecular formula is C11H22N2O2S2. The van der Waals surface area contributed by atoms with Gasteiger partial charge in [-0.25, -0.2) is 8.42 Å². The molecule has 2 aliphatic rings. The zero-order valence-corrected chi connectivity index (χ0v) is 12.2. The number of hydrogen-bond acceptors (Lipinski definition) is 5. The Kier molecular flexibility index (Phi) is 3.79. The first-order chi connectivity index (χ1) is 7.91. The normalized spacial score (nSPS) is 41.2. The van der Waals surface area contributed by atoms with E-state index in [0.717, 1.165) is 18.6 Å². The number of thioether (sulfide) groups is 1. The molecule has 4 nitrogen and oxygen atoms in total. The fourth-order valence-electron chi connectivity index (χ4n) is 3.09. The number of sulfone groups is 1. The van der Waals surface area contributed by atoms with Gasteiger partial charge in [0.25, 0.3) is 0 Å². The molecule has 3 atom stereocenters. The summed E-state index contributed by atoms with van der Waals surface area (Å²) in [6, 6.07) is 0.157. The minimum atomic E-state index is -2.81. The van der Waals surface area contributed by atoms with Crippen molar-refractivity contribution in [3.05, 3.63) is 0 Å². The molecule has 2 fully saturated rings. The van der Waals surface area contributed by atoms with Crippen LogP contribution in [0.25, 0.3) is 0 Å². The van der Waals surface area contributed by atoms with Crippen LogP contribution >= 0.6 is 11.8 Å². The van der Waals surface area contributed by atoms with Crippen molar-refractivity contribution in [2.45, 2.75) is 36.6 Å². The van der Waals surface area contributed by atoms with Crippen LogP contribution in [0, 0.1) is 0 Å². The van der Waals surface area contributed by atoms with E-state index in [4.69, 9.17) is 5.73 Å². The van der Waals surface area contributed by atoms with Crippen LogP contribution in [0.3, 0.4) is 0 Å². The highest BCUT2D eigenvalue weighted by atomic mass is 32.2. The second kappa shape index (κ2) is 4.72. The highest BCUT2D eigenvalue weighted by molar-refractivity contribution is 8.00. The second-order valence-electron chi connectivity index (χ2n) is 5.24. The SMILES string of the molecule is CC1SCCC1(CN)N(C)C1CCS(=O)(=O)C1. The molecule has 0 saturated carbocycles. The molecule has 2 aliphatic heterocycles. The number of rotatable bonds is 3. The van der Waals surface area contributed by atoms with E-state index in [1.165, 1.54) is 0 Å². The molecule has 0 aliphatic carbocycles. The maximum atomic E-state index is 11.6. The number of nitrogens with two attached hydrogens (primary N) is 1. The maximum absolute atomic E-state index is 11.6. The molecular weight excluding hydrogens is 256 g/mol. The van der Waals surface area contributed by atoms with Crippen LogP contribution in [-0.2, 0) is 9.84 Å². The van der Waals surface area contributed by atoms with E-state index in [9.17, 15) is 8.42 Å². The molecule has 2 rings (SSSR count). The molecule has 100 valence electrons. The maximum Gasteiger partial charge on any atom is 0.151 e. The second-order valence-corrected chi connectivity index (χ2v) is 8.92. The number of nitrogens with zero attached hydrogens (tertiary/aromatic N) is 1. The van der Waals surface area contributed by atoms with Crippen LogP contribution in [0.4, 0.5) is 0 Å². The van der Waals surface area contributed by atoms with Crippen LogP contribution in [0.5, 0.6) is 0 Å². The zero-order chi connectivity index (χ0) is 12.7. The van der Waals surface area contributed by atoms with E-state index in [0.29, 0.717) is 23.3 Å². The topological polar surface area (TPSA) is 63.4 Å². The van der Waals surface area contributed by atoms with E-state index in [2.05, 4.69) is 18.9 Å². The predicted molar refractivity (Wildman–Crippen MR) is 73.1 cm³/mol. The van der Waals surface area contributed by atoms with E-state index in [1.807, 2.05) is 11.8 Å². The van der Waals surface area contributed by atoms with Crippen molar-refractivity contribution in [1.29, 1.82) is 0 Å². The summed E-state index contributed by atoms with van der Waals surface area (Å²) in [6.45, 7) is 2.83. The first-order valence-electron chi connectivity index (χ1n) is 6.16. The standard InChI is InChI=1S/C11H22N2O2S2/c1-9-11(8-12,4-5-16-9)13(2)10-3-6-17(14,15)7-10/h9-10H,3-8,12H2,1-2H3. The lowest BCUT2D eigenvalue weighted by Crippen LogP contribution is -2.59. The van der Waals surface area contributed by atoms with Crippen LogP contribution < -0.4 is 5.73 Å². The molecule has 0 aromatic rings. The first kappa shape index (κ1) is 13.6. The van der Waals surface area contributed by atoms with E-state index in [1.54, 1.807) is 0 Å². The molecule has 0 aromatic carbocycles. The highest BCUT2D eigenvalue weighted by Gasteiger charge is 2.47. The van der Waals surface area contributed by atoms with Gasteiger partial charge in [0.1, 0.15) is 0 Å². The minimum Gasteiger partial charge on any atom is -0.329 e. The smallest absolute Gasteiger partial charge is 0.151 e. The summed E-state index contributed by atoms with van der Waals surface area (Å²) in [6.07, 6.45) is 1.83. The quantitative estimate of drug-likeness (QED) is 0.806. The summed E-state index contributed by atoms with van der Waals surface area (Å²) >= 11 is 1.94. The van der Waals surface area contributed by atoms with Crippen molar-refractivity contribution in [2.24, 2.45) is 5.73 Å². The van der Waals surface area contributed by atoms with Gasteiger partial charge in [-0.3, -0.25) is 4.90 Å². The van der Waals surface area contributed by atoms with Gasteiger partial charge in [-0.2, -0.15) is 11.8 Å². The first-order valence-corrected chi connectivity index (χ1v) is 9.03. The average Bonchev–Trinajstić information content (AvgIpc) is 2.81. The minimum absolute atomic E-state index is 0.00477. The van der Waals surface area contributed by atoms with Crippen molar-refractivity contribution in [3.63, 3.8) is 0 Å². The average molecular weight is 278 g/mol. The van der Waals surface area contributed by atoms with E-state index >= 15 is 0 Å². The third-order valence-electron chi connectivity index (χ3n) is 4.47. The Morgan fingerprint density at radius 3 is 2.65 bits per heavy atom. The van der Waals surface area contributed by atoms with Gasteiger partial charge in [-0.15, -0.1) is 0 Å². The summed E-state index contributed by atoms with van der Waals surface area (Å²) in [4.78, 5) is 2.27. The largest absolute Gasteiger partial charge is 0.329 e. The van der Waals surface area contributed by atoms with E-state index in [-0.39, 0.29) is 11.6 Å². The molecule has 2 heterocycles. The number of hydrogen-bond donors (Lipinski definition) is 1. The van der Waals surface area contributed by atoms with Gasteiger partial charge in [0, 0.05) is 23.4 Å². The Morgan fingerprint density at radius 1 is 1.53 bits per heavy atom. The Bertz CT molecular complexity index is 385. The molecule has 6 heteroatoms. The fraction of sp³-hybridized carbons (Fsp3) is 1.00. The van der Waals surface area contributed by atoms with Gasteiger partial charge in [-0.05, 0) is 25.6 Å². The molecule has 2 N–H and O–H groups in total. The van der Waals surface area contributed by atoms with Crippen molar-refractivity contribution in [3.8, 4) is 0 Å². The van der Waals surface area contributed by atoms with Gasteiger partial charge in [0.15, 0.2) is 9.84 Å². The molecule has 0 amide bonds. The summed E-state index contributed by atoms with van der Waals surface area (Å²) in [5.74, 6) is 1.77. The summed E-state index contributed by atoms with van der Waals surface area (Å²) in [7, 11) is -0.755. The zero-order valence-electron chi connectivity index (χ0n) is 10.6. The molecule has 17 heavy (non-hydrogen) atoms. The molecule has 0 bridgehead atoms. The van der Waals surface area contributed by atoms with Crippen molar-refractivity contribution in [2.75, 3.05) is 30.9 Å². The van der Waals surface area contributed by atoms with Crippen molar-refractivity contribution >= 4 is 21.6 Å². The molecule has 0 spiro atoms. The third-order valence-corrected chi connectivity index (χ3v) is 7.60. The summed E-state index contributed by atoms with van der Waals surface area (Å²) < 4.78 is 23.1. The Hall–Kier alpha value is 0.220. The van der Waals surface area contributed by atoms with Crippen LogP contribution in [0.1, 0.15) is 19.8 Å². The van der Waals surface area contributed by atoms with Crippen molar-refractivity contribution < 1.29 is 8.42 Å². The fourth-order valence-corrected chi connectivity index (χ4v) is 6.38. The monoisotopic (exact) mass is 278 g/mol. The van der Waals surface area contributed by atoms with Gasteiger partial charge in [-0.1, -0.05) is 6.92 Å². The van der Waals surface area contributed by atoms with Gasteiger partial charge < -0.3 is 5.73 Å². The van der Waals surface area contributed by atoms with Gasteiger partial charge >= 0.3 is 0 Å². The molecule has 3 unspecified atom stereocenters. The summed E-state index contributed by atoms with van der Waals surface area (Å²) in [5, 5.41) is 0.487. The Balaban J connectivity index is 2.16. The van der Waals surface area contributed by atoms with Gasteiger partial charge in [0.05, 0.1) is 11.5 Å². The predicted octanol–water partition coefficient (Wildman–Crippen LogP) is 0.328. The highest BCUT2D eigenvalue weighted by Crippen LogP contribution is 2.40. The van der Waals surface area contributed by atoms with Crippen LogP contribution in [-0.4, -0.2) is 61.0 Å². The molecule has 0 radical (unpaired) electrons. The molecule has 0 aromatic heterocycles. The Morgan fingerprint density at radius 2 is 2.24 bits per heavy atom. The van der Waals surface area contributed by atoms with Gasteiger partial charge in [0.2, 0.25) is 0 Å². The Labute approximate surface area is 108 Å². The lowest BCUT2D eigenvalue weighted by atomic mass is 9.89. The summed E-state index contributed by atoms with van der Waals surface area (Å²) in [5.41, 5.74) is 5.99. The van der Waals surface area contributed by atoms with Crippen LogP contribution in [0.2, 0.25) is 0 Å². The van der Waals surface area contributed by atoms with Crippen LogP contribution in [0.15, 0.2) is 0 Å². The molecule has 2 saturated heterocycles. The number of likely N-dealkylation sites (N-methyl/N-ethyl adjacent to an activating group) is 1. The third kappa shape index (κ3) is 2.37. The van der Waals surface area contributed by atoms with Crippen molar-refractivity contribution in [1.82, 2.24) is 4.90 Å². The van der Waals surface area contributed by atoms with E-state index < -0.39 is 9.84 Å². The lowest BCUT2D eigenvalue weighted by Gasteiger charge is -2.44.